The number of fused-ring (bicyclic) bond motifs is 1. The number of thioether (sulfide) groups is 1. The van der Waals surface area contributed by atoms with Gasteiger partial charge in [0.15, 0.2) is 5.17 Å². The van der Waals surface area contributed by atoms with Gasteiger partial charge in [-0.15, -0.1) is 0 Å². The van der Waals surface area contributed by atoms with E-state index < -0.39 is 5.50 Å². The van der Waals surface area contributed by atoms with Gasteiger partial charge in [-0.1, -0.05) is 18.7 Å². The topological polar surface area (TPSA) is 59.7 Å². The molecule has 1 unspecified atom stereocenters. The summed E-state index contributed by atoms with van der Waals surface area (Å²) in [6.07, 6.45) is 2.81. The third kappa shape index (κ3) is 3.66. The van der Waals surface area contributed by atoms with Gasteiger partial charge in [0.05, 0.1) is 16.9 Å². The number of anilines is 2. The second-order valence-electron chi connectivity index (χ2n) is 6.58. The standard InChI is InChI=1S/C18H27FN6S/c1-5-14-17(23(4)18(20)26-13(3)19)16-10-15(12(2)11-25(16)22-14)24-8-6-21-7-9-24/h10-11,13,20-21H,5-9H2,1-4H3. The van der Waals surface area contributed by atoms with Crippen LogP contribution < -0.4 is 15.1 Å². The number of alkyl halides is 1. The summed E-state index contributed by atoms with van der Waals surface area (Å²) in [6.45, 7) is 9.52. The highest BCUT2D eigenvalue weighted by molar-refractivity contribution is 8.14. The molecule has 0 saturated carbocycles. The summed E-state index contributed by atoms with van der Waals surface area (Å²) < 4.78 is 15.3. The molecule has 1 fully saturated rings. The summed E-state index contributed by atoms with van der Waals surface area (Å²) in [6, 6.07) is 2.16. The predicted molar refractivity (Wildman–Crippen MR) is 109 cm³/mol. The molecule has 0 spiro atoms. The highest BCUT2D eigenvalue weighted by Gasteiger charge is 2.22. The smallest absolute Gasteiger partial charge is 0.163 e. The van der Waals surface area contributed by atoms with Crippen molar-refractivity contribution in [2.45, 2.75) is 32.7 Å². The minimum atomic E-state index is -1.12. The Morgan fingerprint density at radius 3 is 2.77 bits per heavy atom. The first-order chi connectivity index (χ1) is 12.4. The van der Waals surface area contributed by atoms with Crippen LogP contribution in [-0.2, 0) is 6.42 Å². The molecule has 3 heterocycles. The first kappa shape index (κ1) is 19.0. The number of aryl methyl sites for hydroxylation is 2. The van der Waals surface area contributed by atoms with Crippen LogP contribution in [0.1, 0.15) is 25.1 Å². The molecule has 2 aromatic rings. The number of aromatic nitrogens is 2. The van der Waals surface area contributed by atoms with Crippen molar-refractivity contribution in [1.82, 2.24) is 14.9 Å². The number of halogens is 1. The van der Waals surface area contributed by atoms with Crippen LogP contribution in [0.4, 0.5) is 15.8 Å². The lowest BCUT2D eigenvalue weighted by atomic mass is 10.1. The van der Waals surface area contributed by atoms with Gasteiger partial charge in [0.1, 0.15) is 5.50 Å². The minimum Gasteiger partial charge on any atom is -0.369 e. The van der Waals surface area contributed by atoms with E-state index in [0.29, 0.717) is 0 Å². The average Bonchev–Trinajstić information content (AvgIpc) is 2.97. The SMILES string of the molecule is CCc1nn2cc(C)c(N3CCNCC3)cc2c1N(C)C(=N)SC(C)F. The van der Waals surface area contributed by atoms with Crippen molar-refractivity contribution in [2.24, 2.45) is 0 Å². The Hall–Kier alpha value is -1.80. The molecule has 0 radical (unpaired) electrons. The molecule has 1 aliphatic heterocycles. The van der Waals surface area contributed by atoms with Crippen molar-refractivity contribution < 1.29 is 4.39 Å². The Labute approximate surface area is 158 Å². The molecule has 1 aliphatic rings. The molecule has 0 aliphatic carbocycles. The normalized spacial score (nSPS) is 16.1. The van der Waals surface area contributed by atoms with Crippen molar-refractivity contribution in [3.8, 4) is 0 Å². The molecule has 142 valence electrons. The van der Waals surface area contributed by atoms with Gasteiger partial charge in [0.25, 0.3) is 0 Å². The molecular formula is C18H27FN6S. The van der Waals surface area contributed by atoms with Crippen LogP contribution in [0.15, 0.2) is 12.3 Å². The molecule has 26 heavy (non-hydrogen) atoms. The lowest BCUT2D eigenvalue weighted by Crippen LogP contribution is -2.43. The number of nitrogens with one attached hydrogen (secondary N) is 2. The molecule has 0 amide bonds. The fraction of sp³-hybridized carbons (Fsp3) is 0.556. The fourth-order valence-corrected chi connectivity index (χ4v) is 3.95. The van der Waals surface area contributed by atoms with Crippen molar-refractivity contribution >= 4 is 33.8 Å². The number of nitrogens with zero attached hydrogens (tertiary/aromatic N) is 4. The number of hydrogen-bond acceptors (Lipinski definition) is 5. The van der Waals surface area contributed by atoms with E-state index in [-0.39, 0.29) is 5.17 Å². The molecule has 1 atom stereocenters. The maximum Gasteiger partial charge on any atom is 0.163 e. The van der Waals surface area contributed by atoms with Crippen LogP contribution in [0, 0.1) is 12.3 Å². The Balaban J connectivity index is 2.07. The molecule has 6 nitrogen and oxygen atoms in total. The van der Waals surface area contributed by atoms with Crippen molar-refractivity contribution in [3.63, 3.8) is 0 Å². The number of piperazine rings is 1. The van der Waals surface area contributed by atoms with Crippen LogP contribution in [-0.4, -0.2) is 53.5 Å². The van der Waals surface area contributed by atoms with Gasteiger partial charge in [0, 0.05) is 45.1 Å². The lowest BCUT2D eigenvalue weighted by molar-refractivity contribution is 0.485. The zero-order chi connectivity index (χ0) is 18.8. The molecule has 0 aromatic carbocycles. The van der Waals surface area contributed by atoms with Crippen LogP contribution in [0.5, 0.6) is 0 Å². The van der Waals surface area contributed by atoms with Crippen LogP contribution in [0.3, 0.4) is 0 Å². The van der Waals surface area contributed by atoms with Crippen LogP contribution in [0.25, 0.3) is 5.52 Å². The zero-order valence-corrected chi connectivity index (χ0v) is 16.7. The second kappa shape index (κ2) is 7.84. The highest BCUT2D eigenvalue weighted by Crippen LogP contribution is 2.33. The van der Waals surface area contributed by atoms with Gasteiger partial charge in [-0.3, -0.25) is 5.41 Å². The van der Waals surface area contributed by atoms with Crippen LogP contribution in [0.2, 0.25) is 0 Å². The highest BCUT2D eigenvalue weighted by atomic mass is 32.2. The molecule has 2 N–H and O–H groups in total. The Bertz CT molecular complexity index is 797. The molecular weight excluding hydrogens is 351 g/mol. The second-order valence-corrected chi connectivity index (χ2v) is 7.85. The Kier molecular flexibility index (Phi) is 5.72. The van der Waals surface area contributed by atoms with E-state index in [1.54, 1.807) is 4.90 Å². The van der Waals surface area contributed by atoms with Gasteiger partial charge in [-0.25, -0.2) is 8.91 Å². The van der Waals surface area contributed by atoms with E-state index in [1.807, 2.05) is 11.6 Å². The molecule has 3 rings (SSSR count). The summed E-state index contributed by atoms with van der Waals surface area (Å²) in [5.41, 5.74) is 4.04. The van der Waals surface area contributed by atoms with Gasteiger partial charge in [-0.2, -0.15) is 5.10 Å². The number of pyridine rings is 1. The first-order valence-electron chi connectivity index (χ1n) is 9.03. The third-order valence-electron chi connectivity index (χ3n) is 4.69. The predicted octanol–water partition coefficient (Wildman–Crippen LogP) is 3.03. The lowest BCUT2D eigenvalue weighted by Gasteiger charge is -2.31. The zero-order valence-electron chi connectivity index (χ0n) is 15.8. The van der Waals surface area contributed by atoms with E-state index in [4.69, 9.17) is 10.5 Å². The maximum absolute atomic E-state index is 13.4. The van der Waals surface area contributed by atoms with Crippen molar-refractivity contribution in [1.29, 1.82) is 5.41 Å². The summed E-state index contributed by atoms with van der Waals surface area (Å²) >= 11 is 0.911. The van der Waals surface area contributed by atoms with Gasteiger partial charge in [-0.05, 0) is 31.9 Å². The van der Waals surface area contributed by atoms with Gasteiger partial charge in [0.2, 0.25) is 0 Å². The Morgan fingerprint density at radius 2 is 2.15 bits per heavy atom. The van der Waals surface area contributed by atoms with E-state index in [0.717, 1.165) is 61.3 Å². The third-order valence-corrected chi connectivity index (χ3v) is 5.51. The number of amidine groups is 1. The van der Waals surface area contributed by atoms with Crippen molar-refractivity contribution in [3.05, 3.63) is 23.5 Å². The van der Waals surface area contributed by atoms with E-state index in [9.17, 15) is 4.39 Å². The summed E-state index contributed by atoms with van der Waals surface area (Å²) in [4.78, 5) is 4.14. The largest absolute Gasteiger partial charge is 0.369 e. The summed E-state index contributed by atoms with van der Waals surface area (Å²) in [5, 5.41) is 16.5. The monoisotopic (exact) mass is 378 g/mol. The molecule has 2 aromatic heterocycles. The maximum atomic E-state index is 13.4. The number of rotatable bonds is 4. The molecule has 1 saturated heterocycles. The fourth-order valence-electron chi connectivity index (χ4n) is 3.40. The Morgan fingerprint density at radius 1 is 1.46 bits per heavy atom. The van der Waals surface area contributed by atoms with Crippen LogP contribution >= 0.6 is 11.8 Å². The average molecular weight is 379 g/mol. The van der Waals surface area contributed by atoms with Crippen molar-refractivity contribution in [2.75, 3.05) is 43.0 Å². The molecule has 0 bridgehead atoms. The van der Waals surface area contributed by atoms with Gasteiger partial charge >= 0.3 is 0 Å². The number of hydrogen-bond donors (Lipinski definition) is 2. The van der Waals surface area contributed by atoms with Gasteiger partial charge < -0.3 is 15.1 Å². The first-order valence-corrected chi connectivity index (χ1v) is 9.90. The summed E-state index contributed by atoms with van der Waals surface area (Å²) in [7, 11) is 1.82. The van der Waals surface area contributed by atoms with E-state index in [2.05, 4.69) is 36.3 Å². The van der Waals surface area contributed by atoms with E-state index >= 15 is 0 Å². The summed E-state index contributed by atoms with van der Waals surface area (Å²) in [5.74, 6) is 0. The minimum absolute atomic E-state index is 0.189. The molecule has 8 heteroatoms. The quantitative estimate of drug-likeness (QED) is 0.633. The van der Waals surface area contributed by atoms with E-state index in [1.165, 1.54) is 18.2 Å².